The maximum absolute atomic E-state index is 13.9. The SMILES string of the molecule is CSCCC(NS(=O)(=O)c1ccccc1F)C(=O)NCCOc1ccc(C(C)C)cc1. The van der Waals surface area contributed by atoms with E-state index in [1.807, 2.05) is 30.5 Å². The highest BCUT2D eigenvalue weighted by molar-refractivity contribution is 7.98. The van der Waals surface area contributed by atoms with Crippen LogP contribution in [0.15, 0.2) is 53.4 Å². The second-order valence-electron chi connectivity index (χ2n) is 7.25. The largest absolute Gasteiger partial charge is 0.492 e. The lowest BCUT2D eigenvalue weighted by Crippen LogP contribution is -2.47. The number of thioether (sulfide) groups is 1. The van der Waals surface area contributed by atoms with Crippen molar-refractivity contribution in [2.24, 2.45) is 0 Å². The zero-order chi connectivity index (χ0) is 22.9. The fraction of sp³-hybridized carbons (Fsp3) is 0.409. The van der Waals surface area contributed by atoms with Crippen LogP contribution in [0.1, 0.15) is 31.7 Å². The molecule has 0 spiro atoms. The Morgan fingerprint density at radius 1 is 1.13 bits per heavy atom. The van der Waals surface area contributed by atoms with Gasteiger partial charge in [-0.2, -0.15) is 16.5 Å². The molecule has 31 heavy (non-hydrogen) atoms. The molecule has 0 aliphatic heterocycles. The van der Waals surface area contributed by atoms with Gasteiger partial charge in [-0.15, -0.1) is 0 Å². The number of hydrogen-bond acceptors (Lipinski definition) is 5. The summed E-state index contributed by atoms with van der Waals surface area (Å²) in [5, 5.41) is 2.69. The van der Waals surface area contributed by atoms with E-state index in [4.69, 9.17) is 4.74 Å². The number of benzene rings is 2. The number of ether oxygens (including phenoxy) is 1. The molecule has 1 amide bonds. The van der Waals surface area contributed by atoms with Crippen LogP contribution < -0.4 is 14.8 Å². The van der Waals surface area contributed by atoms with Crippen LogP contribution >= 0.6 is 11.8 Å². The lowest BCUT2D eigenvalue weighted by Gasteiger charge is -2.18. The lowest BCUT2D eigenvalue weighted by molar-refractivity contribution is -0.122. The normalized spacial score (nSPS) is 12.5. The number of carbonyl (C=O) groups is 1. The maximum Gasteiger partial charge on any atom is 0.244 e. The van der Waals surface area contributed by atoms with Gasteiger partial charge in [-0.3, -0.25) is 4.79 Å². The second kappa shape index (κ2) is 12.1. The van der Waals surface area contributed by atoms with Crippen LogP contribution in [-0.2, 0) is 14.8 Å². The van der Waals surface area contributed by atoms with Gasteiger partial charge in [0, 0.05) is 0 Å². The third kappa shape index (κ3) is 7.83. The highest BCUT2D eigenvalue weighted by atomic mass is 32.2. The van der Waals surface area contributed by atoms with Crippen LogP contribution in [0, 0.1) is 5.82 Å². The van der Waals surface area contributed by atoms with Gasteiger partial charge >= 0.3 is 0 Å². The molecule has 0 radical (unpaired) electrons. The van der Waals surface area contributed by atoms with Crippen molar-refractivity contribution in [3.05, 3.63) is 59.9 Å². The highest BCUT2D eigenvalue weighted by Gasteiger charge is 2.27. The van der Waals surface area contributed by atoms with Crippen molar-refractivity contribution < 1.29 is 22.3 Å². The molecule has 0 saturated carbocycles. The summed E-state index contributed by atoms with van der Waals surface area (Å²) in [6.07, 6.45) is 2.14. The lowest BCUT2D eigenvalue weighted by atomic mass is 10.0. The molecule has 0 aliphatic rings. The van der Waals surface area contributed by atoms with E-state index in [0.717, 1.165) is 6.07 Å². The summed E-state index contributed by atoms with van der Waals surface area (Å²) in [5.41, 5.74) is 1.21. The Bertz CT molecular complexity index is 950. The monoisotopic (exact) mass is 468 g/mol. The number of halogens is 1. The summed E-state index contributed by atoms with van der Waals surface area (Å²) in [4.78, 5) is 12.1. The molecular weight excluding hydrogens is 439 g/mol. The summed E-state index contributed by atoms with van der Waals surface area (Å²) in [6.45, 7) is 4.67. The molecule has 0 aromatic heterocycles. The first-order valence-electron chi connectivity index (χ1n) is 10.0. The van der Waals surface area contributed by atoms with Crippen molar-refractivity contribution >= 4 is 27.7 Å². The zero-order valence-electron chi connectivity index (χ0n) is 17.9. The Labute approximate surface area is 188 Å². The predicted molar refractivity (Wildman–Crippen MR) is 123 cm³/mol. The molecule has 1 atom stereocenters. The average molecular weight is 469 g/mol. The molecule has 1 unspecified atom stereocenters. The molecule has 0 heterocycles. The molecule has 9 heteroatoms. The summed E-state index contributed by atoms with van der Waals surface area (Å²) in [5.74, 6) is 0.345. The first-order chi connectivity index (χ1) is 14.7. The van der Waals surface area contributed by atoms with E-state index in [9.17, 15) is 17.6 Å². The van der Waals surface area contributed by atoms with Crippen molar-refractivity contribution in [1.82, 2.24) is 10.0 Å². The van der Waals surface area contributed by atoms with Gasteiger partial charge in [-0.1, -0.05) is 38.1 Å². The number of rotatable bonds is 12. The first-order valence-corrected chi connectivity index (χ1v) is 12.9. The molecule has 2 N–H and O–H groups in total. The minimum atomic E-state index is -4.18. The van der Waals surface area contributed by atoms with Gasteiger partial charge in [0.25, 0.3) is 0 Å². The molecule has 170 valence electrons. The van der Waals surface area contributed by atoms with Gasteiger partial charge in [0.05, 0.1) is 6.54 Å². The quantitative estimate of drug-likeness (QED) is 0.466. The summed E-state index contributed by atoms with van der Waals surface area (Å²) >= 11 is 1.49. The molecule has 0 aliphatic carbocycles. The number of nitrogens with one attached hydrogen (secondary N) is 2. The van der Waals surface area contributed by atoms with Gasteiger partial charge < -0.3 is 10.1 Å². The smallest absolute Gasteiger partial charge is 0.244 e. The Balaban J connectivity index is 1.92. The van der Waals surface area contributed by atoms with Gasteiger partial charge in [0.1, 0.15) is 29.1 Å². The van der Waals surface area contributed by atoms with Crippen LogP contribution in [0.4, 0.5) is 4.39 Å². The topological polar surface area (TPSA) is 84.5 Å². The minimum absolute atomic E-state index is 0.210. The van der Waals surface area contributed by atoms with Crippen molar-refractivity contribution in [3.8, 4) is 5.75 Å². The van der Waals surface area contributed by atoms with E-state index in [2.05, 4.69) is 23.9 Å². The molecule has 2 rings (SSSR count). The van der Waals surface area contributed by atoms with E-state index in [0.29, 0.717) is 17.4 Å². The second-order valence-corrected chi connectivity index (χ2v) is 9.92. The van der Waals surface area contributed by atoms with Crippen molar-refractivity contribution in [2.45, 2.75) is 37.1 Å². The van der Waals surface area contributed by atoms with Gasteiger partial charge in [-0.05, 0) is 54.2 Å². The number of carbonyl (C=O) groups excluding carboxylic acids is 1. The average Bonchev–Trinajstić information content (AvgIpc) is 2.74. The van der Waals surface area contributed by atoms with E-state index in [-0.39, 0.29) is 19.6 Å². The van der Waals surface area contributed by atoms with Crippen molar-refractivity contribution in [1.29, 1.82) is 0 Å². The van der Waals surface area contributed by atoms with Crippen LogP contribution in [0.3, 0.4) is 0 Å². The number of amides is 1. The predicted octanol–water partition coefficient (Wildman–Crippen LogP) is 3.54. The first kappa shape index (κ1) is 25.2. The minimum Gasteiger partial charge on any atom is -0.492 e. The van der Waals surface area contributed by atoms with Crippen LogP contribution in [0.2, 0.25) is 0 Å². The van der Waals surface area contributed by atoms with Gasteiger partial charge in [0.2, 0.25) is 15.9 Å². The highest BCUT2D eigenvalue weighted by Crippen LogP contribution is 2.18. The summed E-state index contributed by atoms with van der Waals surface area (Å²) < 4.78 is 47.0. The van der Waals surface area contributed by atoms with E-state index >= 15 is 0 Å². The fourth-order valence-corrected chi connectivity index (χ4v) is 4.59. The van der Waals surface area contributed by atoms with Crippen molar-refractivity contribution in [3.63, 3.8) is 0 Å². The number of hydrogen-bond donors (Lipinski definition) is 2. The van der Waals surface area contributed by atoms with Crippen LogP contribution in [-0.4, -0.2) is 45.5 Å². The fourth-order valence-electron chi connectivity index (χ4n) is 2.81. The Kier molecular flexibility index (Phi) is 9.80. The van der Waals surface area contributed by atoms with Crippen LogP contribution in [0.5, 0.6) is 5.75 Å². The third-order valence-corrected chi connectivity index (χ3v) is 6.72. The Morgan fingerprint density at radius 3 is 2.42 bits per heavy atom. The van der Waals surface area contributed by atoms with E-state index in [1.165, 1.54) is 35.5 Å². The molecule has 0 bridgehead atoms. The molecule has 0 fully saturated rings. The molecule has 6 nitrogen and oxygen atoms in total. The molecule has 2 aromatic rings. The summed E-state index contributed by atoms with van der Waals surface area (Å²) in [7, 11) is -4.18. The number of sulfonamides is 1. The molecule has 2 aromatic carbocycles. The van der Waals surface area contributed by atoms with Gasteiger partial charge in [-0.25, -0.2) is 12.8 Å². The maximum atomic E-state index is 13.9. The van der Waals surface area contributed by atoms with Crippen LogP contribution in [0.25, 0.3) is 0 Å². The summed E-state index contributed by atoms with van der Waals surface area (Å²) in [6, 6.07) is 11.8. The Morgan fingerprint density at radius 2 is 1.81 bits per heavy atom. The van der Waals surface area contributed by atoms with E-state index in [1.54, 1.807) is 0 Å². The molecule has 0 saturated heterocycles. The Hall–Kier alpha value is -2.10. The molecular formula is C22H29FN2O4S2. The van der Waals surface area contributed by atoms with Crippen molar-refractivity contribution in [2.75, 3.05) is 25.2 Å². The zero-order valence-corrected chi connectivity index (χ0v) is 19.6. The van der Waals surface area contributed by atoms with E-state index < -0.39 is 32.7 Å². The third-order valence-electron chi connectivity index (χ3n) is 4.57. The standard InChI is InChI=1S/C22H29FN2O4S2/c1-16(2)17-8-10-18(11-9-17)29-14-13-24-22(26)20(12-15-30-3)25-31(27,28)21-7-5-4-6-19(21)23/h4-11,16,20,25H,12-15H2,1-3H3,(H,24,26). The van der Waals surface area contributed by atoms with Gasteiger partial charge in [0.15, 0.2) is 0 Å².